The molecule has 0 fully saturated rings. The highest BCUT2D eigenvalue weighted by atomic mass is 14.9. The van der Waals surface area contributed by atoms with Crippen LogP contribution >= 0.6 is 0 Å². The van der Waals surface area contributed by atoms with Crippen molar-refractivity contribution in [1.29, 1.82) is 5.26 Å². The first-order chi connectivity index (χ1) is 6.76. The van der Waals surface area contributed by atoms with Crippen LogP contribution in [0.25, 0.3) is 0 Å². The maximum atomic E-state index is 8.65. The molecule has 0 saturated heterocycles. The van der Waals surface area contributed by atoms with Gasteiger partial charge in [-0.25, -0.2) is 4.98 Å². The molecule has 1 aromatic heterocycles. The molecule has 1 N–H and O–H groups in total. The molecule has 1 heterocycles. The number of hydrogen-bond acceptors (Lipinski definition) is 3. The number of nitriles is 1. The summed E-state index contributed by atoms with van der Waals surface area (Å²) < 4.78 is 0. The average molecular weight is 189 g/mol. The lowest BCUT2D eigenvalue weighted by molar-refractivity contribution is 0.593. The van der Waals surface area contributed by atoms with E-state index in [0.717, 1.165) is 18.7 Å². The van der Waals surface area contributed by atoms with Crippen LogP contribution in [0, 0.1) is 17.2 Å². The Kier molecular flexibility index (Phi) is 3.93. The Balaban J connectivity index is 2.55. The van der Waals surface area contributed by atoms with Crippen LogP contribution in [-0.4, -0.2) is 11.5 Å². The van der Waals surface area contributed by atoms with Gasteiger partial charge in [0.05, 0.1) is 0 Å². The molecule has 0 spiro atoms. The number of aromatic nitrogens is 1. The second-order valence-corrected chi connectivity index (χ2v) is 3.44. The van der Waals surface area contributed by atoms with Crippen LogP contribution in [0.4, 0.5) is 5.69 Å². The summed E-state index contributed by atoms with van der Waals surface area (Å²) in [6, 6.07) is 5.66. The minimum absolute atomic E-state index is 0.458. The molecular weight excluding hydrogens is 174 g/mol. The fraction of sp³-hybridized carbons (Fsp3) is 0.455. The number of nitrogens with zero attached hydrogens (tertiary/aromatic N) is 2. The molecule has 1 atom stereocenters. The normalized spacial score (nSPS) is 11.8. The molecule has 0 aromatic carbocycles. The molecule has 1 unspecified atom stereocenters. The summed E-state index contributed by atoms with van der Waals surface area (Å²) in [7, 11) is 0. The summed E-state index contributed by atoms with van der Waals surface area (Å²) in [6.07, 6.45) is 2.81. The number of rotatable bonds is 4. The largest absolute Gasteiger partial charge is 0.385 e. The third kappa shape index (κ3) is 3.06. The van der Waals surface area contributed by atoms with Gasteiger partial charge >= 0.3 is 0 Å². The summed E-state index contributed by atoms with van der Waals surface area (Å²) >= 11 is 0. The Morgan fingerprint density at radius 1 is 1.64 bits per heavy atom. The van der Waals surface area contributed by atoms with E-state index in [9.17, 15) is 0 Å². The van der Waals surface area contributed by atoms with E-state index in [4.69, 9.17) is 5.26 Å². The van der Waals surface area contributed by atoms with Crippen LogP contribution in [0.1, 0.15) is 26.0 Å². The first kappa shape index (κ1) is 10.5. The molecular formula is C11H15N3. The molecule has 0 aliphatic heterocycles. The monoisotopic (exact) mass is 189 g/mol. The average Bonchev–Trinajstić information content (AvgIpc) is 2.26. The van der Waals surface area contributed by atoms with Gasteiger partial charge < -0.3 is 5.32 Å². The fourth-order valence-corrected chi connectivity index (χ4v) is 1.04. The predicted octanol–water partition coefficient (Wildman–Crippen LogP) is 2.41. The van der Waals surface area contributed by atoms with Gasteiger partial charge in [-0.1, -0.05) is 20.3 Å². The molecule has 1 aromatic rings. The van der Waals surface area contributed by atoms with Crippen molar-refractivity contribution >= 4 is 5.69 Å². The van der Waals surface area contributed by atoms with Crippen molar-refractivity contribution in [2.45, 2.75) is 20.3 Å². The van der Waals surface area contributed by atoms with Gasteiger partial charge in [0, 0.05) is 18.4 Å². The molecule has 0 amide bonds. The van der Waals surface area contributed by atoms with Crippen molar-refractivity contribution in [2.24, 2.45) is 5.92 Å². The first-order valence-corrected chi connectivity index (χ1v) is 4.86. The Bertz CT molecular complexity index is 328. The Hall–Kier alpha value is -1.56. The van der Waals surface area contributed by atoms with E-state index in [1.807, 2.05) is 12.1 Å². The third-order valence-electron chi connectivity index (χ3n) is 2.23. The zero-order chi connectivity index (χ0) is 10.4. The van der Waals surface area contributed by atoms with Crippen LogP contribution in [0.5, 0.6) is 0 Å². The molecule has 3 heteroatoms. The van der Waals surface area contributed by atoms with E-state index < -0.39 is 0 Å². The molecule has 74 valence electrons. The molecule has 1 rings (SSSR count). The first-order valence-electron chi connectivity index (χ1n) is 4.86. The summed E-state index contributed by atoms with van der Waals surface area (Å²) in [5, 5.41) is 11.9. The minimum Gasteiger partial charge on any atom is -0.385 e. The standard InChI is InChI=1S/C11H15N3/c1-3-9(2)8-14-10-4-5-13-11(6-10)7-12/h4-6,9H,3,8H2,1-2H3,(H,13,14). The summed E-state index contributed by atoms with van der Waals surface area (Å²) in [5.74, 6) is 0.647. The van der Waals surface area contributed by atoms with Crippen LogP contribution in [0.2, 0.25) is 0 Å². The smallest absolute Gasteiger partial charge is 0.142 e. The van der Waals surface area contributed by atoms with Gasteiger partial charge in [0.15, 0.2) is 0 Å². The van der Waals surface area contributed by atoms with Crippen molar-refractivity contribution in [3.63, 3.8) is 0 Å². The zero-order valence-corrected chi connectivity index (χ0v) is 8.62. The lowest BCUT2D eigenvalue weighted by Crippen LogP contribution is -2.10. The Morgan fingerprint density at radius 3 is 3.07 bits per heavy atom. The number of hydrogen-bond donors (Lipinski definition) is 1. The number of nitrogens with one attached hydrogen (secondary N) is 1. The molecule has 14 heavy (non-hydrogen) atoms. The SMILES string of the molecule is CCC(C)CNc1ccnc(C#N)c1. The fourth-order valence-electron chi connectivity index (χ4n) is 1.04. The lowest BCUT2D eigenvalue weighted by Gasteiger charge is -2.10. The molecule has 0 aliphatic rings. The van der Waals surface area contributed by atoms with E-state index in [1.165, 1.54) is 0 Å². The van der Waals surface area contributed by atoms with Crippen molar-refractivity contribution in [2.75, 3.05) is 11.9 Å². The predicted molar refractivity (Wildman–Crippen MR) is 56.9 cm³/mol. The second kappa shape index (κ2) is 5.23. The highest BCUT2D eigenvalue weighted by Crippen LogP contribution is 2.09. The van der Waals surface area contributed by atoms with Crippen LogP contribution in [0.3, 0.4) is 0 Å². The van der Waals surface area contributed by atoms with Gasteiger partial charge in [-0.05, 0) is 18.1 Å². The Labute approximate surface area is 84.8 Å². The van der Waals surface area contributed by atoms with Gasteiger partial charge in [-0.15, -0.1) is 0 Å². The third-order valence-corrected chi connectivity index (χ3v) is 2.23. The van der Waals surface area contributed by atoms with Gasteiger partial charge in [0.2, 0.25) is 0 Å². The molecule has 0 radical (unpaired) electrons. The van der Waals surface area contributed by atoms with E-state index >= 15 is 0 Å². The summed E-state index contributed by atoms with van der Waals surface area (Å²) in [5.41, 5.74) is 1.43. The number of pyridine rings is 1. The summed E-state index contributed by atoms with van der Waals surface area (Å²) in [4.78, 5) is 3.90. The van der Waals surface area contributed by atoms with Crippen molar-refractivity contribution in [1.82, 2.24) is 4.98 Å². The highest BCUT2D eigenvalue weighted by molar-refractivity contribution is 5.45. The van der Waals surface area contributed by atoms with Gasteiger partial charge in [-0.3, -0.25) is 0 Å². The quantitative estimate of drug-likeness (QED) is 0.791. The second-order valence-electron chi connectivity index (χ2n) is 3.44. The van der Waals surface area contributed by atoms with Crippen LogP contribution in [-0.2, 0) is 0 Å². The van der Waals surface area contributed by atoms with Gasteiger partial charge in [0.25, 0.3) is 0 Å². The van der Waals surface area contributed by atoms with Gasteiger partial charge in [-0.2, -0.15) is 5.26 Å². The van der Waals surface area contributed by atoms with E-state index in [-0.39, 0.29) is 0 Å². The van der Waals surface area contributed by atoms with E-state index in [2.05, 4.69) is 24.1 Å². The van der Waals surface area contributed by atoms with Crippen molar-refractivity contribution in [3.05, 3.63) is 24.0 Å². The topological polar surface area (TPSA) is 48.7 Å². The Morgan fingerprint density at radius 2 is 2.43 bits per heavy atom. The molecule has 0 bridgehead atoms. The maximum Gasteiger partial charge on any atom is 0.142 e. The lowest BCUT2D eigenvalue weighted by atomic mass is 10.1. The highest BCUT2D eigenvalue weighted by Gasteiger charge is 1.99. The molecule has 0 saturated carbocycles. The molecule has 3 nitrogen and oxygen atoms in total. The summed E-state index contributed by atoms with van der Waals surface area (Å²) in [6.45, 7) is 5.30. The zero-order valence-electron chi connectivity index (χ0n) is 8.62. The van der Waals surface area contributed by atoms with Crippen LogP contribution < -0.4 is 5.32 Å². The van der Waals surface area contributed by atoms with Crippen molar-refractivity contribution < 1.29 is 0 Å². The van der Waals surface area contributed by atoms with Crippen LogP contribution in [0.15, 0.2) is 18.3 Å². The number of anilines is 1. The van der Waals surface area contributed by atoms with Crippen molar-refractivity contribution in [3.8, 4) is 6.07 Å². The van der Waals surface area contributed by atoms with E-state index in [1.54, 1.807) is 12.3 Å². The molecule has 0 aliphatic carbocycles. The maximum absolute atomic E-state index is 8.65. The van der Waals surface area contributed by atoms with Gasteiger partial charge in [0.1, 0.15) is 11.8 Å². The van der Waals surface area contributed by atoms with E-state index in [0.29, 0.717) is 11.6 Å². The minimum atomic E-state index is 0.458.